The second kappa shape index (κ2) is 4.50. The van der Waals surface area contributed by atoms with Crippen molar-refractivity contribution >= 4 is 15.9 Å². The van der Waals surface area contributed by atoms with Crippen LogP contribution in [0.5, 0.6) is 0 Å². The Morgan fingerprint density at radius 2 is 2.27 bits per heavy atom. The van der Waals surface area contributed by atoms with Gasteiger partial charge in [0.15, 0.2) is 0 Å². The highest BCUT2D eigenvalue weighted by Gasteiger charge is 1.92. The molecule has 0 bridgehead atoms. The molecule has 0 amide bonds. The zero-order valence-corrected chi connectivity index (χ0v) is 8.26. The van der Waals surface area contributed by atoms with Gasteiger partial charge in [-0.05, 0) is 31.9 Å². The highest BCUT2D eigenvalue weighted by atomic mass is 79.9. The fraction of sp³-hybridized carbons (Fsp3) is 0.444. The summed E-state index contributed by atoms with van der Waals surface area (Å²) in [6.45, 7) is 2.03. The summed E-state index contributed by atoms with van der Waals surface area (Å²) in [5.74, 6) is 0. The predicted octanol–water partition coefficient (Wildman–Crippen LogP) is 2.72. The van der Waals surface area contributed by atoms with Crippen molar-refractivity contribution in [2.24, 2.45) is 0 Å². The molecule has 11 heavy (non-hydrogen) atoms. The number of aryl methyl sites for hydroxylation is 2. The Labute approximate surface area is 76.0 Å². The molecule has 1 aromatic rings. The number of halogens is 1. The van der Waals surface area contributed by atoms with Crippen LogP contribution in [-0.2, 0) is 6.42 Å². The first-order valence-electron chi connectivity index (χ1n) is 3.81. The lowest BCUT2D eigenvalue weighted by Crippen LogP contribution is -1.91. The summed E-state index contributed by atoms with van der Waals surface area (Å²) in [6, 6.07) is 6.17. The Morgan fingerprint density at radius 3 is 2.91 bits per heavy atom. The van der Waals surface area contributed by atoms with Gasteiger partial charge >= 0.3 is 0 Å². The summed E-state index contributed by atoms with van der Waals surface area (Å²) in [5.41, 5.74) is 2.31. The minimum absolute atomic E-state index is 1.06. The topological polar surface area (TPSA) is 12.9 Å². The van der Waals surface area contributed by atoms with Gasteiger partial charge in [-0.3, -0.25) is 4.98 Å². The lowest BCUT2D eigenvalue weighted by Gasteiger charge is -1.98. The molecule has 0 radical (unpaired) electrons. The number of hydrogen-bond acceptors (Lipinski definition) is 1. The number of aromatic nitrogens is 1. The molecular formula is C9H12BrN. The largest absolute Gasteiger partial charge is 0.258 e. The van der Waals surface area contributed by atoms with Gasteiger partial charge in [-0.25, -0.2) is 0 Å². The van der Waals surface area contributed by atoms with Gasteiger partial charge in [-0.15, -0.1) is 0 Å². The molecule has 0 N–H and O–H groups in total. The van der Waals surface area contributed by atoms with Gasteiger partial charge in [0.2, 0.25) is 0 Å². The summed E-state index contributed by atoms with van der Waals surface area (Å²) < 4.78 is 0. The van der Waals surface area contributed by atoms with Crippen LogP contribution >= 0.6 is 15.9 Å². The first-order valence-corrected chi connectivity index (χ1v) is 4.93. The van der Waals surface area contributed by atoms with Crippen LogP contribution in [0.2, 0.25) is 0 Å². The van der Waals surface area contributed by atoms with Crippen molar-refractivity contribution in [3.63, 3.8) is 0 Å². The van der Waals surface area contributed by atoms with Gasteiger partial charge in [0, 0.05) is 16.7 Å². The molecule has 0 aliphatic heterocycles. The molecule has 0 unspecified atom stereocenters. The fourth-order valence-corrected chi connectivity index (χ4v) is 1.27. The summed E-state index contributed by atoms with van der Waals surface area (Å²) in [4.78, 5) is 4.39. The normalized spacial score (nSPS) is 10.0. The lowest BCUT2D eigenvalue weighted by atomic mass is 10.2. The van der Waals surface area contributed by atoms with Crippen LogP contribution in [0.1, 0.15) is 17.8 Å². The monoisotopic (exact) mass is 213 g/mol. The smallest absolute Gasteiger partial charge is 0.0407 e. The molecule has 1 aromatic heterocycles. The number of rotatable bonds is 3. The summed E-state index contributed by atoms with van der Waals surface area (Å²) in [5, 5.41) is 1.06. The second-order valence-electron chi connectivity index (χ2n) is 2.56. The molecule has 0 spiro atoms. The predicted molar refractivity (Wildman–Crippen MR) is 51.1 cm³/mol. The van der Waals surface area contributed by atoms with Crippen LogP contribution in [0.15, 0.2) is 18.2 Å². The van der Waals surface area contributed by atoms with Gasteiger partial charge in [0.05, 0.1) is 0 Å². The summed E-state index contributed by atoms with van der Waals surface area (Å²) in [7, 11) is 0. The molecule has 0 fully saturated rings. The third kappa shape index (κ3) is 3.02. The van der Waals surface area contributed by atoms with Gasteiger partial charge < -0.3 is 0 Å². The molecule has 0 saturated heterocycles. The van der Waals surface area contributed by atoms with E-state index >= 15 is 0 Å². The van der Waals surface area contributed by atoms with Crippen LogP contribution < -0.4 is 0 Å². The van der Waals surface area contributed by atoms with Crippen molar-refractivity contribution < 1.29 is 0 Å². The van der Waals surface area contributed by atoms with Gasteiger partial charge in [-0.1, -0.05) is 22.0 Å². The van der Waals surface area contributed by atoms with E-state index in [0.717, 1.165) is 23.9 Å². The van der Waals surface area contributed by atoms with Crippen LogP contribution in [0.3, 0.4) is 0 Å². The first kappa shape index (κ1) is 8.72. The van der Waals surface area contributed by atoms with E-state index in [1.807, 2.05) is 13.0 Å². The first-order chi connectivity index (χ1) is 5.33. The molecule has 60 valence electrons. The average Bonchev–Trinajstić information content (AvgIpc) is 2.01. The molecule has 1 rings (SSSR count). The van der Waals surface area contributed by atoms with Crippen LogP contribution in [0.4, 0.5) is 0 Å². The Balaban J connectivity index is 2.56. The van der Waals surface area contributed by atoms with E-state index in [1.54, 1.807) is 0 Å². The van der Waals surface area contributed by atoms with Crippen LogP contribution in [-0.4, -0.2) is 10.3 Å². The van der Waals surface area contributed by atoms with Crippen molar-refractivity contribution in [3.8, 4) is 0 Å². The standard InChI is InChI=1S/C9H12BrN/c1-8-4-2-5-9(11-8)6-3-7-10/h2,4-5H,3,6-7H2,1H3. The molecule has 1 nitrogen and oxygen atoms in total. The SMILES string of the molecule is Cc1cccc(CCCBr)n1. The van der Waals surface area contributed by atoms with E-state index in [4.69, 9.17) is 0 Å². The Kier molecular flexibility index (Phi) is 3.57. The minimum Gasteiger partial charge on any atom is -0.258 e. The number of hydrogen-bond donors (Lipinski definition) is 0. The highest BCUT2D eigenvalue weighted by molar-refractivity contribution is 9.09. The van der Waals surface area contributed by atoms with Crippen LogP contribution in [0, 0.1) is 6.92 Å². The third-order valence-electron chi connectivity index (χ3n) is 1.51. The van der Waals surface area contributed by atoms with Crippen molar-refractivity contribution in [3.05, 3.63) is 29.6 Å². The lowest BCUT2D eigenvalue weighted by molar-refractivity contribution is 0.887. The molecule has 0 aromatic carbocycles. The Bertz CT molecular complexity index is 223. The maximum atomic E-state index is 4.39. The maximum Gasteiger partial charge on any atom is 0.0407 e. The zero-order chi connectivity index (χ0) is 8.10. The van der Waals surface area contributed by atoms with Crippen molar-refractivity contribution in [1.29, 1.82) is 0 Å². The number of pyridine rings is 1. The van der Waals surface area contributed by atoms with Crippen molar-refractivity contribution in [1.82, 2.24) is 4.98 Å². The van der Waals surface area contributed by atoms with E-state index in [2.05, 4.69) is 33.0 Å². The molecule has 2 heteroatoms. The Morgan fingerprint density at radius 1 is 1.45 bits per heavy atom. The molecule has 1 heterocycles. The van der Waals surface area contributed by atoms with Crippen molar-refractivity contribution in [2.75, 3.05) is 5.33 Å². The molecule has 0 atom stereocenters. The van der Waals surface area contributed by atoms with Gasteiger partial charge in [-0.2, -0.15) is 0 Å². The van der Waals surface area contributed by atoms with E-state index in [-0.39, 0.29) is 0 Å². The number of alkyl halides is 1. The van der Waals surface area contributed by atoms with Crippen LogP contribution in [0.25, 0.3) is 0 Å². The zero-order valence-electron chi connectivity index (χ0n) is 6.68. The van der Waals surface area contributed by atoms with E-state index in [1.165, 1.54) is 5.69 Å². The van der Waals surface area contributed by atoms with E-state index in [0.29, 0.717) is 0 Å². The molecular weight excluding hydrogens is 202 g/mol. The Hall–Kier alpha value is -0.370. The minimum atomic E-state index is 1.06. The molecule has 0 saturated carbocycles. The maximum absolute atomic E-state index is 4.39. The summed E-state index contributed by atoms with van der Waals surface area (Å²) in [6.07, 6.45) is 2.24. The third-order valence-corrected chi connectivity index (χ3v) is 2.07. The quantitative estimate of drug-likeness (QED) is 0.705. The highest BCUT2D eigenvalue weighted by Crippen LogP contribution is 2.02. The van der Waals surface area contributed by atoms with E-state index < -0.39 is 0 Å². The van der Waals surface area contributed by atoms with Crippen molar-refractivity contribution in [2.45, 2.75) is 19.8 Å². The summed E-state index contributed by atoms with van der Waals surface area (Å²) >= 11 is 3.40. The fourth-order valence-electron chi connectivity index (χ4n) is 0.987. The second-order valence-corrected chi connectivity index (χ2v) is 3.36. The van der Waals surface area contributed by atoms with Gasteiger partial charge in [0.25, 0.3) is 0 Å². The molecule has 0 aliphatic carbocycles. The van der Waals surface area contributed by atoms with E-state index in [9.17, 15) is 0 Å². The molecule has 0 aliphatic rings. The average molecular weight is 214 g/mol. The number of nitrogens with zero attached hydrogens (tertiary/aromatic N) is 1. The van der Waals surface area contributed by atoms with Gasteiger partial charge in [0.1, 0.15) is 0 Å².